The average Bonchev–Trinajstić information content (AvgIpc) is 2.60. The van der Waals surface area contributed by atoms with Crippen LogP contribution in [0.25, 0.3) is 0 Å². The maximum absolute atomic E-state index is 13.5. The molecule has 1 saturated carbocycles. The molecule has 1 heterocycles. The van der Waals surface area contributed by atoms with E-state index in [-0.39, 0.29) is 28.6 Å². The zero-order valence-corrected chi connectivity index (χ0v) is 16.0. The van der Waals surface area contributed by atoms with Crippen molar-refractivity contribution in [3.63, 3.8) is 0 Å². The van der Waals surface area contributed by atoms with E-state index in [1.807, 2.05) is 0 Å². The molecule has 0 aliphatic heterocycles. The lowest BCUT2D eigenvalue weighted by molar-refractivity contribution is -0.147. The van der Waals surface area contributed by atoms with Crippen LogP contribution < -0.4 is 11.1 Å². The first-order valence-electron chi connectivity index (χ1n) is 8.22. The summed E-state index contributed by atoms with van der Waals surface area (Å²) in [4.78, 5) is 31.0. The molecule has 29 heavy (non-hydrogen) atoms. The summed E-state index contributed by atoms with van der Waals surface area (Å²) in [5.41, 5.74) is 1.22. The molecule has 1 aromatic carbocycles. The normalized spacial score (nSPS) is 15.3. The molecule has 1 aromatic heterocycles. The molecule has 0 unspecified atom stereocenters. The highest BCUT2D eigenvalue weighted by atomic mass is 35.5. The first-order valence-corrected chi connectivity index (χ1v) is 8.97. The van der Waals surface area contributed by atoms with E-state index in [0.717, 1.165) is 0 Å². The van der Waals surface area contributed by atoms with E-state index in [9.17, 15) is 22.8 Å². The molecular weight excluding hydrogens is 436 g/mol. The lowest BCUT2D eigenvalue weighted by Crippen LogP contribution is -2.52. The molecule has 3 N–H and O–H groups in total. The van der Waals surface area contributed by atoms with Gasteiger partial charge in [-0.15, -0.1) is 0 Å². The minimum absolute atomic E-state index is 0.0985. The average molecular weight is 449 g/mol. The van der Waals surface area contributed by atoms with E-state index in [2.05, 4.69) is 15.3 Å². The fraction of sp³-hybridized carbons (Fsp3) is 0.294. The van der Waals surface area contributed by atoms with E-state index in [4.69, 9.17) is 33.7 Å². The molecule has 1 amide bonds. The molecule has 0 bridgehead atoms. The zero-order valence-electron chi connectivity index (χ0n) is 14.5. The number of carbonyl (C=O) groups excluding carboxylic acids is 2. The summed E-state index contributed by atoms with van der Waals surface area (Å²) in [6.07, 6.45) is -3.52. The number of rotatable bonds is 5. The molecule has 1 aliphatic carbocycles. The summed E-state index contributed by atoms with van der Waals surface area (Å²) in [5, 5.41) is 2.76. The quantitative estimate of drug-likeness (QED) is 0.666. The number of carbonyl (C=O) groups is 2. The second-order valence-corrected chi connectivity index (χ2v) is 7.09. The van der Waals surface area contributed by atoms with Gasteiger partial charge in [-0.3, -0.25) is 4.79 Å². The zero-order chi connectivity index (χ0) is 21.4. The highest BCUT2D eigenvalue weighted by Gasteiger charge is 2.48. The third-order valence-corrected chi connectivity index (χ3v) is 5.01. The summed E-state index contributed by atoms with van der Waals surface area (Å²) >= 11 is 11.9. The Hall–Kier alpha value is -2.59. The molecule has 1 aliphatic rings. The van der Waals surface area contributed by atoms with E-state index in [0.29, 0.717) is 12.6 Å². The molecule has 0 saturated heterocycles. The predicted molar refractivity (Wildman–Crippen MR) is 98.0 cm³/mol. The van der Waals surface area contributed by atoms with Gasteiger partial charge in [-0.25, -0.2) is 14.8 Å². The number of benzene rings is 1. The van der Waals surface area contributed by atoms with Crippen molar-refractivity contribution in [1.82, 2.24) is 9.97 Å². The number of halogens is 5. The number of hydrogen-bond acceptors (Lipinski definition) is 6. The Morgan fingerprint density at radius 1 is 1.21 bits per heavy atom. The SMILES string of the molecule is NC(=O)C1(OC(=O)c2cnc(Nc3c(Cl)cccc3Cl)nc2C(F)(F)F)CCC1. The van der Waals surface area contributed by atoms with E-state index < -0.39 is 40.9 Å². The van der Waals surface area contributed by atoms with Crippen molar-refractivity contribution >= 4 is 46.7 Å². The number of nitrogens with two attached hydrogens (primary N) is 1. The number of para-hydroxylation sites is 1. The van der Waals surface area contributed by atoms with Gasteiger partial charge in [0.1, 0.15) is 5.56 Å². The highest BCUT2D eigenvalue weighted by Crippen LogP contribution is 2.38. The molecular formula is C17H13Cl2F3N4O3. The van der Waals surface area contributed by atoms with E-state index >= 15 is 0 Å². The van der Waals surface area contributed by atoms with Gasteiger partial charge in [0.15, 0.2) is 11.3 Å². The predicted octanol–water partition coefficient (Wildman–Crippen LogP) is 4.11. The Kier molecular flexibility index (Phi) is 5.59. The summed E-state index contributed by atoms with van der Waals surface area (Å²) in [6, 6.07) is 4.48. The van der Waals surface area contributed by atoms with Crippen LogP contribution in [0.1, 0.15) is 35.3 Å². The van der Waals surface area contributed by atoms with Crippen LogP contribution in [0.4, 0.5) is 24.8 Å². The van der Waals surface area contributed by atoms with Crippen LogP contribution in [-0.2, 0) is 15.7 Å². The van der Waals surface area contributed by atoms with Crippen LogP contribution in [-0.4, -0.2) is 27.4 Å². The number of nitrogens with one attached hydrogen (secondary N) is 1. The van der Waals surface area contributed by atoms with Gasteiger partial charge in [0, 0.05) is 6.20 Å². The summed E-state index contributed by atoms with van der Waals surface area (Å²) in [5.74, 6) is -2.80. The van der Waals surface area contributed by atoms with Crippen LogP contribution in [0.15, 0.2) is 24.4 Å². The van der Waals surface area contributed by atoms with Crippen LogP contribution in [0.3, 0.4) is 0 Å². The lowest BCUT2D eigenvalue weighted by atomic mass is 9.79. The smallest absolute Gasteiger partial charge is 0.434 e. The fourth-order valence-corrected chi connectivity index (χ4v) is 3.16. The van der Waals surface area contributed by atoms with Crippen LogP contribution in [0.5, 0.6) is 0 Å². The van der Waals surface area contributed by atoms with Gasteiger partial charge < -0.3 is 15.8 Å². The van der Waals surface area contributed by atoms with Gasteiger partial charge in [-0.2, -0.15) is 13.2 Å². The van der Waals surface area contributed by atoms with Crippen LogP contribution in [0.2, 0.25) is 10.0 Å². The molecule has 7 nitrogen and oxygen atoms in total. The van der Waals surface area contributed by atoms with Crippen molar-refractivity contribution in [2.45, 2.75) is 31.0 Å². The third kappa shape index (κ3) is 4.23. The first kappa shape index (κ1) is 21.1. The fourth-order valence-electron chi connectivity index (χ4n) is 2.67. The maximum Gasteiger partial charge on any atom is 0.434 e. The molecule has 3 rings (SSSR count). The number of nitrogens with zero attached hydrogens (tertiary/aromatic N) is 2. The second kappa shape index (κ2) is 7.68. The van der Waals surface area contributed by atoms with Gasteiger partial charge in [-0.1, -0.05) is 29.3 Å². The van der Waals surface area contributed by atoms with Gasteiger partial charge in [0.2, 0.25) is 5.95 Å². The molecule has 0 atom stereocenters. The van der Waals surface area contributed by atoms with E-state index in [1.54, 1.807) is 6.07 Å². The number of alkyl halides is 3. The van der Waals surface area contributed by atoms with Gasteiger partial charge in [0.05, 0.1) is 15.7 Å². The first-order chi connectivity index (χ1) is 13.5. The van der Waals surface area contributed by atoms with Crippen molar-refractivity contribution in [3.05, 3.63) is 45.7 Å². The molecule has 2 aromatic rings. The Morgan fingerprint density at radius 3 is 2.31 bits per heavy atom. The number of anilines is 2. The molecule has 0 spiro atoms. The molecule has 1 fully saturated rings. The van der Waals surface area contributed by atoms with Gasteiger partial charge in [0.25, 0.3) is 5.91 Å². The topological polar surface area (TPSA) is 107 Å². The largest absolute Gasteiger partial charge is 0.445 e. The van der Waals surface area contributed by atoms with Crippen LogP contribution >= 0.6 is 23.2 Å². The van der Waals surface area contributed by atoms with Crippen molar-refractivity contribution in [3.8, 4) is 0 Å². The highest BCUT2D eigenvalue weighted by molar-refractivity contribution is 6.39. The lowest BCUT2D eigenvalue weighted by Gasteiger charge is -2.37. The molecule has 0 radical (unpaired) electrons. The third-order valence-electron chi connectivity index (χ3n) is 4.38. The standard InChI is InChI=1S/C17H13Cl2F3N4O3/c18-9-3-1-4-10(19)11(9)25-15-24-7-8(12(26-15)17(20,21)22)13(27)29-16(14(23)28)5-2-6-16/h1,3-4,7H,2,5-6H2,(H2,23,28)(H,24,25,26). The number of esters is 1. The number of primary amides is 1. The van der Waals surface area contributed by atoms with Crippen molar-refractivity contribution < 1.29 is 27.5 Å². The van der Waals surface area contributed by atoms with Gasteiger partial charge >= 0.3 is 12.1 Å². The number of amides is 1. The number of ether oxygens (including phenoxy) is 1. The monoisotopic (exact) mass is 448 g/mol. The summed E-state index contributed by atoms with van der Waals surface area (Å²) in [7, 11) is 0. The molecule has 154 valence electrons. The Morgan fingerprint density at radius 2 is 1.83 bits per heavy atom. The van der Waals surface area contributed by atoms with Gasteiger partial charge in [-0.05, 0) is 31.4 Å². The Bertz CT molecular complexity index is 961. The van der Waals surface area contributed by atoms with Crippen molar-refractivity contribution in [2.75, 3.05) is 5.32 Å². The number of aromatic nitrogens is 2. The maximum atomic E-state index is 13.5. The number of hydrogen-bond donors (Lipinski definition) is 2. The minimum Gasteiger partial charge on any atom is -0.445 e. The summed E-state index contributed by atoms with van der Waals surface area (Å²) in [6.45, 7) is 0. The Labute approximate surface area is 172 Å². The van der Waals surface area contributed by atoms with E-state index in [1.165, 1.54) is 12.1 Å². The van der Waals surface area contributed by atoms with Crippen molar-refractivity contribution in [2.24, 2.45) is 5.73 Å². The second-order valence-electron chi connectivity index (χ2n) is 6.28. The molecule has 12 heteroatoms. The van der Waals surface area contributed by atoms with Crippen LogP contribution in [0, 0.1) is 0 Å². The Balaban J connectivity index is 1.95. The summed E-state index contributed by atoms with van der Waals surface area (Å²) < 4.78 is 45.5. The van der Waals surface area contributed by atoms with Crippen molar-refractivity contribution in [1.29, 1.82) is 0 Å². The minimum atomic E-state index is -5.00.